The fourth-order valence-electron chi connectivity index (χ4n) is 2.99. The van der Waals surface area contributed by atoms with Crippen molar-refractivity contribution in [3.63, 3.8) is 0 Å². The predicted molar refractivity (Wildman–Crippen MR) is 67.5 cm³/mol. The Labute approximate surface area is 107 Å². The van der Waals surface area contributed by atoms with E-state index in [9.17, 15) is 5.26 Å². The standard InChI is InChI=1S/C15H17NO2/c1-2-12(8-16)15(9-17-10-15)13-3-4-14-11(7-13)5-6-18-14/h3-4,7,12H,2,5-6,9-10H2,1H3. The Hall–Kier alpha value is -1.53. The zero-order chi connectivity index (χ0) is 12.6. The molecule has 1 fully saturated rings. The highest BCUT2D eigenvalue weighted by Crippen LogP contribution is 2.42. The molecular weight excluding hydrogens is 226 g/mol. The molecule has 0 aromatic heterocycles. The van der Waals surface area contributed by atoms with E-state index < -0.39 is 0 Å². The van der Waals surface area contributed by atoms with Gasteiger partial charge in [-0.25, -0.2) is 0 Å². The molecule has 1 aromatic carbocycles. The minimum absolute atomic E-state index is 0.0339. The Bertz CT molecular complexity index is 500. The third-order valence-electron chi connectivity index (χ3n) is 4.21. The van der Waals surface area contributed by atoms with E-state index in [1.165, 1.54) is 11.1 Å². The quantitative estimate of drug-likeness (QED) is 0.818. The average Bonchev–Trinajstić information content (AvgIpc) is 2.80. The van der Waals surface area contributed by atoms with Gasteiger partial charge in [0.25, 0.3) is 0 Å². The van der Waals surface area contributed by atoms with Crippen molar-refractivity contribution in [3.8, 4) is 11.8 Å². The summed E-state index contributed by atoms with van der Waals surface area (Å²) in [6, 6.07) is 8.81. The number of fused-ring (bicyclic) bond motifs is 1. The van der Waals surface area contributed by atoms with Gasteiger partial charge >= 0.3 is 0 Å². The summed E-state index contributed by atoms with van der Waals surface area (Å²) < 4.78 is 10.9. The van der Waals surface area contributed by atoms with Gasteiger partial charge in [0.1, 0.15) is 5.75 Å². The molecule has 3 heteroatoms. The lowest BCUT2D eigenvalue weighted by Gasteiger charge is -2.45. The first-order chi connectivity index (χ1) is 8.80. The van der Waals surface area contributed by atoms with Crippen LogP contribution in [0.3, 0.4) is 0 Å². The molecule has 0 bridgehead atoms. The number of benzene rings is 1. The van der Waals surface area contributed by atoms with Gasteiger partial charge in [-0.2, -0.15) is 5.26 Å². The Morgan fingerprint density at radius 3 is 2.89 bits per heavy atom. The molecule has 1 aromatic rings. The second-order valence-electron chi connectivity index (χ2n) is 5.16. The van der Waals surface area contributed by atoms with Crippen molar-refractivity contribution in [2.24, 2.45) is 5.92 Å². The largest absolute Gasteiger partial charge is 0.493 e. The number of nitrogens with zero attached hydrogens (tertiary/aromatic N) is 1. The molecule has 0 saturated carbocycles. The van der Waals surface area contributed by atoms with Crippen LogP contribution in [0.1, 0.15) is 24.5 Å². The summed E-state index contributed by atoms with van der Waals surface area (Å²) in [6.45, 7) is 4.18. The monoisotopic (exact) mass is 243 g/mol. The molecule has 0 amide bonds. The number of nitriles is 1. The summed E-state index contributed by atoms with van der Waals surface area (Å²) in [7, 11) is 0. The molecule has 2 aliphatic heterocycles. The Morgan fingerprint density at radius 2 is 2.28 bits per heavy atom. The maximum atomic E-state index is 9.35. The number of rotatable bonds is 3. The van der Waals surface area contributed by atoms with Gasteiger partial charge in [0.2, 0.25) is 0 Å². The van der Waals surface area contributed by atoms with E-state index in [4.69, 9.17) is 9.47 Å². The van der Waals surface area contributed by atoms with Crippen molar-refractivity contribution < 1.29 is 9.47 Å². The molecule has 1 unspecified atom stereocenters. The average molecular weight is 243 g/mol. The van der Waals surface area contributed by atoms with Crippen LogP contribution < -0.4 is 4.74 Å². The molecule has 2 aliphatic rings. The maximum Gasteiger partial charge on any atom is 0.122 e. The first kappa shape index (κ1) is 11.6. The number of hydrogen-bond donors (Lipinski definition) is 0. The fourth-order valence-corrected chi connectivity index (χ4v) is 2.99. The van der Waals surface area contributed by atoms with Crippen molar-refractivity contribution in [1.29, 1.82) is 5.26 Å². The van der Waals surface area contributed by atoms with Gasteiger partial charge in [0, 0.05) is 6.42 Å². The molecule has 0 spiro atoms. The Morgan fingerprint density at radius 1 is 1.44 bits per heavy atom. The van der Waals surface area contributed by atoms with E-state index in [1.54, 1.807) is 0 Å². The molecule has 2 heterocycles. The molecule has 0 radical (unpaired) electrons. The van der Waals surface area contributed by atoms with Crippen molar-refractivity contribution in [2.45, 2.75) is 25.2 Å². The summed E-state index contributed by atoms with van der Waals surface area (Å²) in [5.74, 6) is 1.03. The van der Waals surface area contributed by atoms with Crippen LogP contribution in [0.5, 0.6) is 5.75 Å². The smallest absolute Gasteiger partial charge is 0.122 e. The minimum Gasteiger partial charge on any atom is -0.493 e. The van der Waals surface area contributed by atoms with Crippen molar-refractivity contribution in [1.82, 2.24) is 0 Å². The van der Waals surface area contributed by atoms with E-state index in [0.717, 1.165) is 25.2 Å². The lowest BCUT2D eigenvalue weighted by molar-refractivity contribution is -0.0805. The SMILES string of the molecule is CCC(C#N)C1(c2ccc3c(c2)CCO3)COC1. The first-order valence-corrected chi connectivity index (χ1v) is 6.54. The van der Waals surface area contributed by atoms with Gasteiger partial charge in [-0.15, -0.1) is 0 Å². The molecule has 0 aliphatic carbocycles. The zero-order valence-corrected chi connectivity index (χ0v) is 10.6. The van der Waals surface area contributed by atoms with Gasteiger partial charge in [0.05, 0.1) is 37.2 Å². The predicted octanol–water partition coefficient (Wildman–Crippen LogP) is 2.44. The third kappa shape index (κ3) is 1.53. The van der Waals surface area contributed by atoms with E-state index >= 15 is 0 Å². The first-order valence-electron chi connectivity index (χ1n) is 6.54. The van der Waals surface area contributed by atoms with Crippen LogP contribution in [0.15, 0.2) is 18.2 Å². The maximum absolute atomic E-state index is 9.35. The van der Waals surface area contributed by atoms with Crippen LogP contribution in [0.4, 0.5) is 0 Å². The number of ether oxygens (including phenoxy) is 2. The summed E-state index contributed by atoms with van der Waals surface area (Å²) in [6.07, 6.45) is 1.84. The van der Waals surface area contributed by atoms with Crippen molar-refractivity contribution in [3.05, 3.63) is 29.3 Å². The molecule has 94 valence electrons. The summed E-state index contributed by atoms with van der Waals surface area (Å²) in [5, 5.41) is 9.35. The van der Waals surface area contributed by atoms with Crippen LogP contribution in [-0.2, 0) is 16.6 Å². The molecule has 0 N–H and O–H groups in total. The Kier molecular flexibility index (Phi) is 2.76. The summed E-state index contributed by atoms with van der Waals surface area (Å²) in [4.78, 5) is 0. The van der Waals surface area contributed by atoms with Crippen molar-refractivity contribution in [2.75, 3.05) is 19.8 Å². The lowest BCUT2D eigenvalue weighted by Crippen LogP contribution is -2.52. The molecular formula is C15H17NO2. The zero-order valence-electron chi connectivity index (χ0n) is 10.6. The summed E-state index contributed by atoms with van der Waals surface area (Å²) >= 11 is 0. The minimum atomic E-state index is -0.0961. The fraction of sp³-hybridized carbons (Fsp3) is 0.533. The molecule has 1 saturated heterocycles. The molecule has 3 nitrogen and oxygen atoms in total. The second-order valence-corrected chi connectivity index (χ2v) is 5.16. The topological polar surface area (TPSA) is 42.2 Å². The van der Waals surface area contributed by atoms with Gasteiger partial charge in [-0.1, -0.05) is 19.1 Å². The highest BCUT2D eigenvalue weighted by molar-refractivity contribution is 5.44. The van der Waals surface area contributed by atoms with Crippen LogP contribution in [-0.4, -0.2) is 19.8 Å². The third-order valence-corrected chi connectivity index (χ3v) is 4.21. The molecule has 18 heavy (non-hydrogen) atoms. The highest BCUT2D eigenvalue weighted by Gasteiger charge is 2.47. The second kappa shape index (κ2) is 4.29. The van der Waals surface area contributed by atoms with Crippen molar-refractivity contribution >= 4 is 0 Å². The number of hydrogen-bond acceptors (Lipinski definition) is 3. The van der Waals surface area contributed by atoms with Crippen LogP contribution in [0.25, 0.3) is 0 Å². The summed E-state index contributed by atoms with van der Waals surface area (Å²) in [5.41, 5.74) is 2.42. The van der Waals surface area contributed by atoms with E-state index in [2.05, 4.69) is 25.1 Å². The van der Waals surface area contributed by atoms with E-state index in [1.807, 2.05) is 6.07 Å². The van der Waals surface area contributed by atoms with Gasteiger partial charge < -0.3 is 9.47 Å². The van der Waals surface area contributed by atoms with Gasteiger partial charge in [-0.3, -0.25) is 0 Å². The van der Waals surface area contributed by atoms with Gasteiger partial charge in [-0.05, 0) is 23.6 Å². The molecule has 1 atom stereocenters. The lowest BCUT2D eigenvalue weighted by atomic mass is 9.68. The normalized spacial score (nSPS) is 21.3. The van der Waals surface area contributed by atoms with E-state index in [0.29, 0.717) is 13.2 Å². The molecule has 3 rings (SSSR count). The van der Waals surface area contributed by atoms with Gasteiger partial charge in [0.15, 0.2) is 0 Å². The van der Waals surface area contributed by atoms with Crippen LogP contribution >= 0.6 is 0 Å². The highest BCUT2D eigenvalue weighted by atomic mass is 16.5. The van der Waals surface area contributed by atoms with Crippen LogP contribution in [0, 0.1) is 17.2 Å². The van der Waals surface area contributed by atoms with E-state index in [-0.39, 0.29) is 11.3 Å². The van der Waals surface area contributed by atoms with Crippen LogP contribution in [0.2, 0.25) is 0 Å². The Balaban J connectivity index is 1.99.